The first-order valence-corrected chi connectivity index (χ1v) is 11.1. The van der Waals surface area contributed by atoms with E-state index < -0.39 is 10.0 Å². The van der Waals surface area contributed by atoms with Gasteiger partial charge in [-0.25, -0.2) is 4.99 Å². The highest BCUT2D eigenvalue weighted by Crippen LogP contribution is 2.20. The smallest absolute Gasteiger partial charge is 0.284 e. The van der Waals surface area contributed by atoms with Crippen molar-refractivity contribution in [2.24, 2.45) is 9.39 Å². The van der Waals surface area contributed by atoms with Crippen LogP contribution in [0.3, 0.4) is 0 Å². The predicted molar refractivity (Wildman–Crippen MR) is 119 cm³/mol. The monoisotopic (exact) mass is 490 g/mol. The van der Waals surface area contributed by atoms with Crippen LogP contribution < -0.4 is 0 Å². The Bertz CT molecular complexity index is 1170. The number of Topliss-reactive ketones (excluding diaryl/α,β-unsaturated/α-hetero) is 1. The molecule has 0 bridgehead atoms. The molecule has 1 aliphatic rings. The van der Waals surface area contributed by atoms with E-state index >= 15 is 0 Å². The Hall–Kier alpha value is -2.35. The minimum Gasteiger partial charge on any atom is -0.289 e. The number of hydrogen-bond acceptors (Lipinski definition) is 3. The third-order valence-electron chi connectivity index (χ3n) is 4.10. The number of aliphatic imine (C=N–C) groups is 1. The topological polar surface area (TPSA) is 75.9 Å². The lowest BCUT2D eigenvalue weighted by atomic mass is 9.98. The van der Waals surface area contributed by atoms with Gasteiger partial charge in [0.2, 0.25) is 0 Å². The number of allylic oxidation sites excluding steroid dienone is 4. The van der Waals surface area contributed by atoms with Crippen LogP contribution in [-0.2, 0) is 14.8 Å². The molecule has 0 radical (unpaired) electrons. The summed E-state index contributed by atoms with van der Waals surface area (Å²) in [5.41, 5.74) is 1.97. The van der Waals surface area contributed by atoms with Crippen LogP contribution in [-0.4, -0.2) is 25.7 Å². The van der Waals surface area contributed by atoms with Crippen LogP contribution >= 0.6 is 27.5 Å². The summed E-state index contributed by atoms with van der Waals surface area (Å²) < 4.78 is 30.4. The molecule has 0 aromatic heterocycles. The molecular formula is C21H16BrClN2O3S. The second-order valence-corrected chi connectivity index (χ2v) is 9.33. The van der Waals surface area contributed by atoms with Gasteiger partial charge in [0.15, 0.2) is 11.6 Å². The number of sulfonamides is 1. The third kappa shape index (κ3) is 5.18. The molecule has 0 saturated carbocycles. The van der Waals surface area contributed by atoms with Gasteiger partial charge in [0.05, 0.1) is 10.6 Å². The largest absolute Gasteiger partial charge is 0.289 e. The van der Waals surface area contributed by atoms with Crippen molar-refractivity contribution in [3.05, 3.63) is 86.9 Å². The third-order valence-corrected chi connectivity index (χ3v) is 6.16. The second-order valence-electron chi connectivity index (χ2n) is 6.37. The first-order chi connectivity index (χ1) is 13.7. The molecule has 0 unspecified atom stereocenters. The molecule has 0 saturated heterocycles. The van der Waals surface area contributed by atoms with Gasteiger partial charge < -0.3 is 0 Å². The lowest BCUT2D eigenvalue weighted by Gasteiger charge is -2.10. The molecule has 5 nitrogen and oxygen atoms in total. The molecule has 0 heterocycles. The van der Waals surface area contributed by atoms with Crippen LogP contribution in [0.25, 0.3) is 0 Å². The molecule has 8 heteroatoms. The number of amidine groups is 1. The number of rotatable bonds is 3. The van der Waals surface area contributed by atoms with E-state index in [1.807, 2.05) is 0 Å². The van der Waals surface area contributed by atoms with Crippen LogP contribution in [0.4, 0.5) is 0 Å². The van der Waals surface area contributed by atoms with E-state index in [0.29, 0.717) is 27.4 Å². The highest BCUT2D eigenvalue weighted by Gasteiger charge is 2.18. The quantitative estimate of drug-likeness (QED) is 0.338. The maximum atomic E-state index is 12.8. The Morgan fingerprint density at radius 2 is 1.48 bits per heavy atom. The second kappa shape index (κ2) is 8.57. The van der Waals surface area contributed by atoms with Gasteiger partial charge in [-0.15, -0.1) is 4.40 Å². The molecule has 3 rings (SSSR count). The van der Waals surface area contributed by atoms with Crippen molar-refractivity contribution in [1.29, 1.82) is 0 Å². The summed E-state index contributed by atoms with van der Waals surface area (Å²) in [6.07, 6.45) is 3.21. The molecule has 0 atom stereocenters. The summed E-state index contributed by atoms with van der Waals surface area (Å²) in [5, 5.41) is 0.506. The van der Waals surface area contributed by atoms with Gasteiger partial charge in [-0.05, 0) is 85.7 Å². The van der Waals surface area contributed by atoms with Crippen LogP contribution in [0.2, 0.25) is 5.02 Å². The average molecular weight is 492 g/mol. The fraction of sp³-hybridized carbons (Fsp3) is 0.0952. The van der Waals surface area contributed by atoms with Gasteiger partial charge in [0, 0.05) is 15.1 Å². The van der Waals surface area contributed by atoms with Crippen molar-refractivity contribution in [3.8, 4) is 0 Å². The lowest BCUT2D eigenvalue weighted by Crippen LogP contribution is -2.13. The van der Waals surface area contributed by atoms with Gasteiger partial charge in [-0.2, -0.15) is 8.42 Å². The number of nitrogens with zero attached hydrogens (tertiary/aromatic N) is 2. The Kier molecular flexibility index (Phi) is 6.31. The highest BCUT2D eigenvalue weighted by molar-refractivity contribution is 9.10. The molecule has 0 spiro atoms. The van der Waals surface area contributed by atoms with Crippen molar-refractivity contribution >= 4 is 54.9 Å². The summed E-state index contributed by atoms with van der Waals surface area (Å²) in [4.78, 5) is 16.4. The fourth-order valence-corrected chi connectivity index (χ4v) is 3.97. The van der Waals surface area contributed by atoms with Crippen molar-refractivity contribution in [1.82, 2.24) is 0 Å². The van der Waals surface area contributed by atoms with E-state index in [9.17, 15) is 13.2 Å². The number of ketones is 1. The van der Waals surface area contributed by atoms with E-state index in [-0.39, 0.29) is 16.5 Å². The zero-order valence-electron chi connectivity index (χ0n) is 15.6. The van der Waals surface area contributed by atoms with E-state index in [4.69, 9.17) is 11.6 Å². The molecule has 2 aromatic carbocycles. The Morgan fingerprint density at radius 3 is 2.03 bits per heavy atom. The zero-order valence-corrected chi connectivity index (χ0v) is 18.7. The first kappa shape index (κ1) is 21.4. The Morgan fingerprint density at radius 1 is 0.931 bits per heavy atom. The Balaban J connectivity index is 2.15. The number of halogens is 2. The summed E-state index contributed by atoms with van der Waals surface area (Å²) in [6.45, 7) is 3.37. The van der Waals surface area contributed by atoms with Crippen LogP contribution in [0.1, 0.15) is 19.4 Å². The van der Waals surface area contributed by atoms with Crippen LogP contribution in [0, 0.1) is 0 Å². The molecule has 0 N–H and O–H groups in total. The molecule has 0 amide bonds. The zero-order chi connectivity index (χ0) is 21.2. The van der Waals surface area contributed by atoms with Gasteiger partial charge in [-0.1, -0.05) is 27.5 Å². The van der Waals surface area contributed by atoms with Crippen molar-refractivity contribution in [2.45, 2.75) is 18.7 Å². The summed E-state index contributed by atoms with van der Waals surface area (Å²) in [6, 6.07) is 12.7. The number of hydrogen-bond donors (Lipinski definition) is 0. The van der Waals surface area contributed by atoms with Gasteiger partial charge in [-0.3, -0.25) is 4.79 Å². The van der Waals surface area contributed by atoms with Crippen LogP contribution in [0.5, 0.6) is 0 Å². The first-order valence-electron chi connectivity index (χ1n) is 8.52. The van der Waals surface area contributed by atoms with Gasteiger partial charge in [0.1, 0.15) is 0 Å². The van der Waals surface area contributed by atoms with Crippen molar-refractivity contribution in [3.63, 3.8) is 0 Å². The minimum atomic E-state index is -4.00. The van der Waals surface area contributed by atoms with Crippen molar-refractivity contribution in [2.75, 3.05) is 0 Å². The molecule has 0 aliphatic heterocycles. The maximum Gasteiger partial charge on any atom is 0.284 e. The number of carbonyl (C=O) groups excluding carboxylic acids is 1. The van der Waals surface area contributed by atoms with E-state index in [2.05, 4.69) is 25.3 Å². The molecular weight excluding hydrogens is 476 g/mol. The molecule has 148 valence electrons. The maximum absolute atomic E-state index is 12.8. The molecule has 2 aromatic rings. The van der Waals surface area contributed by atoms with Crippen molar-refractivity contribution < 1.29 is 13.2 Å². The standard InChI is InChI=1S/C21H16BrClN2O3S/c1-13-11-18(12-14(2)20(13)26)24-21(15-3-7-17(23)8-4-15)25-29(27,28)19-9-5-16(22)6-10-19/h3-12H,1-2H3/b25-21+. The summed E-state index contributed by atoms with van der Waals surface area (Å²) in [7, 11) is -4.00. The number of benzene rings is 2. The average Bonchev–Trinajstić information content (AvgIpc) is 2.66. The fourth-order valence-electron chi connectivity index (χ4n) is 2.62. The Labute approximate surface area is 182 Å². The van der Waals surface area contributed by atoms with E-state index in [1.165, 1.54) is 12.1 Å². The minimum absolute atomic E-state index is 0.00188. The summed E-state index contributed by atoms with van der Waals surface area (Å²) >= 11 is 9.23. The van der Waals surface area contributed by atoms with E-state index in [1.54, 1.807) is 62.4 Å². The molecule has 1 aliphatic carbocycles. The molecule has 0 fully saturated rings. The lowest BCUT2D eigenvalue weighted by molar-refractivity contribution is -0.112. The van der Waals surface area contributed by atoms with Crippen LogP contribution in [0.15, 0.2) is 90.6 Å². The van der Waals surface area contributed by atoms with Gasteiger partial charge in [0.25, 0.3) is 10.0 Å². The predicted octanol–water partition coefficient (Wildman–Crippen LogP) is 5.15. The normalized spacial score (nSPS) is 15.1. The highest BCUT2D eigenvalue weighted by atomic mass is 79.9. The van der Waals surface area contributed by atoms with E-state index in [0.717, 1.165) is 4.47 Å². The number of carbonyl (C=O) groups is 1. The SMILES string of the molecule is CC1=CC(=N/C(=N/S(=O)(=O)c2ccc(Br)cc2)c2ccc(Cl)cc2)C=C(C)C1=O. The summed E-state index contributed by atoms with van der Waals surface area (Å²) in [5.74, 6) is -0.0709. The van der Waals surface area contributed by atoms with Gasteiger partial charge >= 0.3 is 0 Å². The molecule has 29 heavy (non-hydrogen) atoms.